The van der Waals surface area contributed by atoms with Gasteiger partial charge < -0.3 is 20.1 Å². The van der Waals surface area contributed by atoms with Crippen molar-refractivity contribution in [3.05, 3.63) is 74.7 Å². The van der Waals surface area contributed by atoms with E-state index in [0.717, 1.165) is 22.3 Å². The Balaban J connectivity index is 1.96. The van der Waals surface area contributed by atoms with Crippen LogP contribution in [0.1, 0.15) is 42.1 Å². The van der Waals surface area contributed by atoms with Gasteiger partial charge in [0.25, 0.3) is 0 Å². The zero-order valence-electron chi connectivity index (χ0n) is 17.8. The molecule has 0 radical (unpaired) electrons. The molecule has 0 bridgehead atoms. The maximum Gasteiger partial charge on any atom is 0.338 e. The van der Waals surface area contributed by atoms with E-state index in [1.54, 1.807) is 13.8 Å². The number of aryl methyl sites for hydroxylation is 2. The molecule has 2 amide bonds. The van der Waals surface area contributed by atoms with Crippen LogP contribution in [0.25, 0.3) is 0 Å². The van der Waals surface area contributed by atoms with Crippen LogP contribution in [0.4, 0.5) is 9.18 Å². The maximum absolute atomic E-state index is 13.3. The third kappa shape index (κ3) is 4.99. The smallest absolute Gasteiger partial charge is 0.338 e. The number of hydrogen-bond donors (Lipinski definition) is 2. The van der Waals surface area contributed by atoms with Gasteiger partial charge in [0.15, 0.2) is 0 Å². The van der Waals surface area contributed by atoms with Crippen molar-refractivity contribution in [2.45, 2.75) is 40.3 Å². The Morgan fingerprint density at radius 3 is 2.58 bits per heavy atom. The van der Waals surface area contributed by atoms with Crippen molar-refractivity contribution in [1.29, 1.82) is 0 Å². The molecule has 0 saturated heterocycles. The minimum atomic E-state index is -0.665. The van der Waals surface area contributed by atoms with E-state index in [-0.39, 0.29) is 18.2 Å². The number of halogens is 2. The molecule has 0 spiro atoms. The fourth-order valence-electron chi connectivity index (χ4n) is 3.54. The van der Waals surface area contributed by atoms with Crippen LogP contribution < -0.4 is 15.4 Å². The molecule has 6 nitrogen and oxygen atoms in total. The van der Waals surface area contributed by atoms with Crippen molar-refractivity contribution >= 4 is 23.6 Å². The van der Waals surface area contributed by atoms with Gasteiger partial charge in [-0.1, -0.05) is 17.7 Å². The number of ether oxygens (including phenoxy) is 2. The summed E-state index contributed by atoms with van der Waals surface area (Å²) in [5.41, 5.74) is 4.27. The Kier molecular flexibility index (Phi) is 6.85. The number of esters is 1. The van der Waals surface area contributed by atoms with E-state index in [4.69, 9.17) is 21.1 Å². The molecule has 0 aromatic heterocycles. The van der Waals surface area contributed by atoms with Crippen LogP contribution in [0.2, 0.25) is 5.02 Å². The number of carbonyl (C=O) groups is 2. The van der Waals surface area contributed by atoms with Crippen LogP contribution in [0.15, 0.2) is 41.6 Å². The summed E-state index contributed by atoms with van der Waals surface area (Å²) in [7, 11) is 0. The molecule has 0 fully saturated rings. The first-order valence-electron chi connectivity index (χ1n) is 9.84. The number of hydrogen-bond acceptors (Lipinski definition) is 4. The number of nitrogens with one attached hydrogen (secondary N) is 2. The standard InChI is InChI=1S/C23H24ClFN2O4/c1-5-30-22(28)20-14(4)26-23(29)27-21(20)17-9-15(12(2)8-13(17)3)11-31-19-7-6-16(25)10-18(19)24/h6-10,21H,5,11H2,1-4H3,(H2,26,27,29). The van der Waals surface area contributed by atoms with Crippen LogP contribution in [-0.2, 0) is 16.1 Å². The number of urea groups is 1. The van der Waals surface area contributed by atoms with Crippen LogP contribution in [0.3, 0.4) is 0 Å². The number of allylic oxidation sites excluding steroid dienone is 1. The Bertz CT molecular complexity index is 1070. The van der Waals surface area contributed by atoms with Gasteiger partial charge in [0.2, 0.25) is 0 Å². The third-order valence-electron chi connectivity index (χ3n) is 5.08. The molecule has 2 aromatic carbocycles. The van der Waals surface area contributed by atoms with E-state index in [1.165, 1.54) is 18.2 Å². The molecule has 0 saturated carbocycles. The number of carbonyl (C=O) groups excluding carboxylic acids is 2. The highest BCUT2D eigenvalue weighted by atomic mass is 35.5. The van der Waals surface area contributed by atoms with Crippen molar-refractivity contribution in [2.75, 3.05) is 6.61 Å². The molecular formula is C23H24ClFN2O4. The average Bonchev–Trinajstić information content (AvgIpc) is 2.68. The highest BCUT2D eigenvalue weighted by Gasteiger charge is 2.33. The van der Waals surface area contributed by atoms with Gasteiger partial charge in [-0.15, -0.1) is 0 Å². The molecule has 1 aliphatic rings. The normalized spacial score (nSPS) is 15.9. The van der Waals surface area contributed by atoms with Gasteiger partial charge in [-0.05, 0) is 74.2 Å². The lowest BCUT2D eigenvalue weighted by Crippen LogP contribution is -2.45. The molecule has 1 atom stereocenters. The predicted molar refractivity (Wildman–Crippen MR) is 115 cm³/mol. The second-order valence-corrected chi connectivity index (χ2v) is 7.70. The van der Waals surface area contributed by atoms with Crippen LogP contribution >= 0.6 is 11.6 Å². The summed E-state index contributed by atoms with van der Waals surface area (Å²) in [6.07, 6.45) is 0. The SMILES string of the molecule is CCOC(=O)C1=C(C)NC(=O)NC1c1cc(COc2ccc(F)cc2Cl)c(C)cc1C. The van der Waals surface area contributed by atoms with Gasteiger partial charge >= 0.3 is 12.0 Å². The largest absolute Gasteiger partial charge is 0.487 e. The van der Waals surface area contributed by atoms with Gasteiger partial charge in [0.1, 0.15) is 18.2 Å². The van der Waals surface area contributed by atoms with Gasteiger partial charge in [0, 0.05) is 5.70 Å². The van der Waals surface area contributed by atoms with Crippen molar-refractivity contribution in [3.63, 3.8) is 0 Å². The third-order valence-corrected chi connectivity index (χ3v) is 5.37. The summed E-state index contributed by atoms with van der Waals surface area (Å²) < 4.78 is 24.3. The van der Waals surface area contributed by atoms with Gasteiger partial charge in [-0.2, -0.15) is 0 Å². The second-order valence-electron chi connectivity index (χ2n) is 7.29. The molecule has 0 aliphatic carbocycles. The Labute approximate surface area is 185 Å². The lowest BCUT2D eigenvalue weighted by molar-refractivity contribution is -0.139. The van der Waals surface area contributed by atoms with Crippen LogP contribution in [0, 0.1) is 19.7 Å². The fraction of sp³-hybridized carbons (Fsp3) is 0.304. The molecule has 1 aliphatic heterocycles. The molecule has 1 unspecified atom stereocenters. The van der Waals surface area contributed by atoms with E-state index in [9.17, 15) is 14.0 Å². The highest BCUT2D eigenvalue weighted by Crippen LogP contribution is 2.32. The van der Waals surface area contributed by atoms with E-state index >= 15 is 0 Å². The Morgan fingerprint density at radius 2 is 1.90 bits per heavy atom. The van der Waals surface area contributed by atoms with E-state index in [1.807, 2.05) is 26.0 Å². The summed E-state index contributed by atoms with van der Waals surface area (Å²) in [6.45, 7) is 7.65. The summed E-state index contributed by atoms with van der Waals surface area (Å²) in [5.74, 6) is -0.572. The van der Waals surface area contributed by atoms with Gasteiger partial charge in [-0.3, -0.25) is 0 Å². The second kappa shape index (κ2) is 9.39. The van der Waals surface area contributed by atoms with E-state index in [0.29, 0.717) is 17.0 Å². The summed E-state index contributed by atoms with van der Waals surface area (Å²) in [4.78, 5) is 24.7. The molecular weight excluding hydrogens is 423 g/mol. The lowest BCUT2D eigenvalue weighted by Gasteiger charge is -2.29. The molecule has 164 valence electrons. The zero-order chi connectivity index (χ0) is 22.7. The maximum atomic E-state index is 13.3. The lowest BCUT2D eigenvalue weighted by atomic mass is 9.89. The van der Waals surface area contributed by atoms with Gasteiger partial charge in [-0.25, -0.2) is 14.0 Å². The topological polar surface area (TPSA) is 76.7 Å². The molecule has 31 heavy (non-hydrogen) atoms. The first-order chi connectivity index (χ1) is 14.7. The highest BCUT2D eigenvalue weighted by molar-refractivity contribution is 6.32. The minimum Gasteiger partial charge on any atom is -0.487 e. The van der Waals surface area contributed by atoms with Crippen molar-refractivity contribution in [2.24, 2.45) is 0 Å². The van der Waals surface area contributed by atoms with E-state index in [2.05, 4.69) is 10.6 Å². The quantitative estimate of drug-likeness (QED) is 0.621. The van der Waals surface area contributed by atoms with E-state index < -0.39 is 23.9 Å². The average molecular weight is 447 g/mol. The fourth-order valence-corrected chi connectivity index (χ4v) is 3.76. The Hall–Kier alpha value is -3.06. The van der Waals surface area contributed by atoms with Crippen molar-refractivity contribution in [3.8, 4) is 5.75 Å². The molecule has 2 aromatic rings. The number of rotatable bonds is 6. The molecule has 2 N–H and O–H groups in total. The van der Waals surface area contributed by atoms with Crippen LogP contribution in [-0.4, -0.2) is 18.6 Å². The molecule has 1 heterocycles. The number of benzene rings is 2. The molecule has 3 rings (SSSR count). The summed E-state index contributed by atoms with van der Waals surface area (Å²) >= 11 is 6.05. The first-order valence-corrected chi connectivity index (χ1v) is 10.2. The van der Waals surface area contributed by atoms with Crippen LogP contribution in [0.5, 0.6) is 5.75 Å². The van der Waals surface area contributed by atoms with Gasteiger partial charge in [0.05, 0.1) is 23.2 Å². The van der Waals surface area contributed by atoms with Crippen molar-refractivity contribution < 1.29 is 23.5 Å². The first kappa shape index (κ1) is 22.6. The Morgan fingerprint density at radius 1 is 1.16 bits per heavy atom. The minimum absolute atomic E-state index is 0.179. The number of amides is 2. The predicted octanol–water partition coefficient (Wildman–Crippen LogP) is 4.87. The zero-order valence-corrected chi connectivity index (χ0v) is 18.5. The monoisotopic (exact) mass is 446 g/mol. The van der Waals surface area contributed by atoms with Crippen molar-refractivity contribution in [1.82, 2.24) is 10.6 Å². The summed E-state index contributed by atoms with van der Waals surface area (Å²) in [6, 6.07) is 6.73. The summed E-state index contributed by atoms with van der Waals surface area (Å²) in [5, 5.41) is 5.63. The molecule has 8 heteroatoms.